The number of nitrogens with zero attached hydrogens (tertiary/aromatic N) is 1. The van der Waals surface area contributed by atoms with Crippen molar-refractivity contribution in [3.8, 4) is 0 Å². The highest BCUT2D eigenvalue weighted by atomic mass is 19.4. The van der Waals surface area contributed by atoms with Crippen LogP contribution in [0.25, 0.3) is 0 Å². The van der Waals surface area contributed by atoms with Gasteiger partial charge in [-0.3, -0.25) is 9.59 Å². The second-order valence-corrected chi connectivity index (χ2v) is 10.2. The van der Waals surface area contributed by atoms with E-state index in [4.69, 9.17) is 4.74 Å². The summed E-state index contributed by atoms with van der Waals surface area (Å²) in [5.41, 5.74) is 0.930. The first-order chi connectivity index (χ1) is 20.1. The number of esters is 1. The van der Waals surface area contributed by atoms with Gasteiger partial charge in [-0.25, -0.2) is 4.79 Å². The highest BCUT2D eigenvalue weighted by Crippen LogP contribution is 2.29. The van der Waals surface area contributed by atoms with E-state index in [-0.39, 0.29) is 25.6 Å². The van der Waals surface area contributed by atoms with Crippen molar-refractivity contribution in [1.82, 2.24) is 4.90 Å². The van der Waals surface area contributed by atoms with Crippen LogP contribution >= 0.6 is 0 Å². The van der Waals surface area contributed by atoms with Crippen LogP contribution in [0.1, 0.15) is 94.7 Å². The van der Waals surface area contributed by atoms with E-state index >= 15 is 0 Å². The Balaban J connectivity index is 1.84. The molecule has 2 aromatic carbocycles. The number of rotatable bonds is 17. The van der Waals surface area contributed by atoms with E-state index in [1.165, 1.54) is 36.3 Å². The van der Waals surface area contributed by atoms with Crippen molar-refractivity contribution in [1.29, 1.82) is 0 Å². The van der Waals surface area contributed by atoms with Crippen molar-refractivity contribution < 1.29 is 32.3 Å². The molecule has 0 bridgehead atoms. The summed E-state index contributed by atoms with van der Waals surface area (Å²) < 4.78 is 43.6. The monoisotopic (exact) mass is 588 g/mol. The minimum atomic E-state index is -4.47. The summed E-state index contributed by atoms with van der Waals surface area (Å²) in [5.74, 6) is -1.99. The molecule has 0 aromatic heterocycles. The van der Waals surface area contributed by atoms with Crippen LogP contribution in [0.4, 0.5) is 18.9 Å². The average molecular weight is 589 g/mol. The maximum atomic E-state index is 12.9. The van der Waals surface area contributed by atoms with Crippen LogP contribution in [0.15, 0.2) is 60.7 Å². The second-order valence-electron chi connectivity index (χ2n) is 10.2. The minimum Gasteiger partial charge on any atom is -0.459 e. The van der Waals surface area contributed by atoms with Crippen LogP contribution in [-0.4, -0.2) is 29.3 Å². The Morgan fingerprint density at radius 3 is 1.90 bits per heavy atom. The molecule has 0 unspecified atom stereocenters. The molecule has 1 N–H and O–H groups in total. The average Bonchev–Trinajstić information content (AvgIpc) is 2.96. The highest BCUT2D eigenvalue weighted by Gasteiger charge is 2.30. The first kappa shape index (κ1) is 34.6. The normalized spacial score (nSPS) is 11.5. The number of carbonyl (C=O) groups excluding carboxylic acids is 3. The van der Waals surface area contributed by atoms with Crippen LogP contribution in [0, 0.1) is 0 Å². The maximum Gasteiger partial charge on any atom is 0.416 e. The summed E-state index contributed by atoms with van der Waals surface area (Å²) in [6.07, 6.45) is 10.5. The number of benzene rings is 2. The molecule has 6 nitrogen and oxygen atoms in total. The fourth-order valence-corrected chi connectivity index (χ4v) is 4.31. The molecule has 0 saturated heterocycles. The van der Waals surface area contributed by atoms with Crippen molar-refractivity contribution in [2.75, 3.05) is 11.9 Å². The van der Waals surface area contributed by atoms with Crippen LogP contribution in [-0.2, 0) is 38.4 Å². The first-order valence-electron chi connectivity index (χ1n) is 14.8. The van der Waals surface area contributed by atoms with E-state index in [0.29, 0.717) is 23.2 Å². The number of halogens is 3. The van der Waals surface area contributed by atoms with Gasteiger partial charge in [0.05, 0.1) is 12.2 Å². The third kappa shape index (κ3) is 13.4. The number of amides is 2. The zero-order chi connectivity index (χ0) is 30.8. The van der Waals surface area contributed by atoms with Crippen molar-refractivity contribution in [2.45, 2.75) is 97.3 Å². The summed E-state index contributed by atoms with van der Waals surface area (Å²) in [5, 5.41) is 2.88. The van der Waals surface area contributed by atoms with E-state index in [2.05, 4.69) is 24.4 Å². The number of hydrogen-bond acceptors (Lipinski definition) is 4. The van der Waals surface area contributed by atoms with Gasteiger partial charge in [-0.2, -0.15) is 13.2 Å². The van der Waals surface area contributed by atoms with Crippen molar-refractivity contribution in [3.05, 3.63) is 77.4 Å². The van der Waals surface area contributed by atoms with Gasteiger partial charge in [0.25, 0.3) is 0 Å². The Labute approximate surface area is 247 Å². The van der Waals surface area contributed by atoms with Gasteiger partial charge in [0, 0.05) is 25.2 Å². The lowest BCUT2D eigenvalue weighted by Gasteiger charge is -2.22. The zero-order valence-corrected chi connectivity index (χ0v) is 24.7. The van der Waals surface area contributed by atoms with Gasteiger partial charge in [-0.05, 0) is 68.0 Å². The highest BCUT2D eigenvalue weighted by molar-refractivity contribution is 6.32. The summed E-state index contributed by atoms with van der Waals surface area (Å²) in [7, 11) is 0. The molecule has 0 saturated carbocycles. The maximum absolute atomic E-state index is 12.9. The van der Waals surface area contributed by atoms with Gasteiger partial charge >= 0.3 is 18.1 Å². The second kappa shape index (κ2) is 18.7. The fraction of sp³-hybridized carbons (Fsp3) is 0.485. The Bertz CT molecular complexity index is 1130. The van der Waals surface area contributed by atoms with Crippen LogP contribution in [0.3, 0.4) is 0 Å². The quantitative estimate of drug-likeness (QED) is 0.0875. The third-order valence-electron chi connectivity index (χ3n) is 6.67. The largest absolute Gasteiger partial charge is 0.459 e. The summed E-state index contributed by atoms with van der Waals surface area (Å²) >= 11 is 0. The van der Waals surface area contributed by atoms with E-state index in [9.17, 15) is 27.6 Å². The zero-order valence-electron chi connectivity index (χ0n) is 24.7. The van der Waals surface area contributed by atoms with E-state index in [1.54, 1.807) is 31.2 Å². The lowest BCUT2D eigenvalue weighted by molar-refractivity contribution is -0.160. The molecule has 2 amide bonds. The predicted octanol–water partition coefficient (Wildman–Crippen LogP) is 8.21. The molecular weight excluding hydrogens is 545 g/mol. The summed E-state index contributed by atoms with van der Waals surface area (Å²) in [4.78, 5) is 38.4. The van der Waals surface area contributed by atoms with E-state index < -0.39 is 23.6 Å². The molecule has 0 aliphatic heterocycles. The molecule has 0 spiro atoms. The molecule has 230 valence electrons. The molecule has 42 heavy (non-hydrogen) atoms. The number of ether oxygens (including phenoxy) is 1. The van der Waals surface area contributed by atoms with E-state index in [1.807, 2.05) is 0 Å². The lowest BCUT2D eigenvalue weighted by Crippen LogP contribution is -2.36. The third-order valence-corrected chi connectivity index (χ3v) is 6.67. The Hall–Kier alpha value is -3.62. The van der Waals surface area contributed by atoms with Crippen molar-refractivity contribution >= 4 is 23.5 Å². The number of anilines is 1. The SMILES string of the molecule is CCCC/C=C\CCCCCCCC(=O)Nc1ccc(CN(Cc2ccc(C(F)(F)F)cc2)C(=O)C(=O)OCC)cc1. The Kier molecular flexibility index (Phi) is 15.4. The molecule has 0 aliphatic rings. The standard InChI is InChI=1S/C33H43F3N2O4/c1-3-5-6-7-8-9-10-11-12-13-14-15-30(39)37-29-22-18-27(19-23-29)25-38(31(40)32(41)42-4-2)24-26-16-20-28(21-17-26)33(34,35)36/h7-8,16-23H,3-6,9-15,24-25H2,1-2H3,(H,37,39)/b8-7-. The van der Waals surface area contributed by atoms with E-state index in [0.717, 1.165) is 50.7 Å². The van der Waals surface area contributed by atoms with Gasteiger partial charge in [0.1, 0.15) is 0 Å². The number of allylic oxidation sites excluding steroid dienone is 2. The number of hydrogen-bond donors (Lipinski definition) is 1. The molecule has 0 heterocycles. The molecule has 0 radical (unpaired) electrons. The molecule has 9 heteroatoms. The molecule has 0 fully saturated rings. The summed E-state index contributed by atoms with van der Waals surface area (Å²) in [6, 6.07) is 11.3. The van der Waals surface area contributed by atoms with Crippen molar-refractivity contribution in [3.63, 3.8) is 0 Å². The van der Waals surface area contributed by atoms with Crippen molar-refractivity contribution in [2.24, 2.45) is 0 Å². The van der Waals surface area contributed by atoms with Gasteiger partial charge in [-0.15, -0.1) is 0 Å². The van der Waals surface area contributed by atoms with Crippen LogP contribution in [0.5, 0.6) is 0 Å². The molecular formula is C33H43F3N2O4. The number of unbranched alkanes of at least 4 members (excludes halogenated alkanes) is 7. The Morgan fingerprint density at radius 1 is 0.786 bits per heavy atom. The smallest absolute Gasteiger partial charge is 0.416 e. The number of carbonyl (C=O) groups is 3. The number of alkyl halides is 3. The lowest BCUT2D eigenvalue weighted by atomic mass is 10.1. The molecule has 0 atom stereocenters. The number of nitrogens with one attached hydrogen (secondary N) is 1. The predicted molar refractivity (Wildman–Crippen MR) is 158 cm³/mol. The van der Waals surface area contributed by atoms with Crippen LogP contribution in [0.2, 0.25) is 0 Å². The van der Waals surface area contributed by atoms with Crippen LogP contribution < -0.4 is 5.32 Å². The topological polar surface area (TPSA) is 75.7 Å². The summed E-state index contributed by atoms with van der Waals surface area (Å²) in [6.45, 7) is 3.74. The molecule has 2 rings (SSSR count). The minimum absolute atomic E-state index is 0.0177. The van der Waals surface area contributed by atoms with Gasteiger partial charge < -0.3 is 15.0 Å². The van der Waals surface area contributed by atoms with Gasteiger partial charge in [0.15, 0.2) is 0 Å². The molecule has 0 aliphatic carbocycles. The fourth-order valence-electron chi connectivity index (χ4n) is 4.31. The molecule has 2 aromatic rings. The first-order valence-corrected chi connectivity index (χ1v) is 14.8. The Morgan fingerprint density at radius 2 is 1.33 bits per heavy atom. The van der Waals surface area contributed by atoms with Gasteiger partial charge in [0.2, 0.25) is 5.91 Å². The van der Waals surface area contributed by atoms with Gasteiger partial charge in [-0.1, -0.05) is 75.4 Å².